The summed E-state index contributed by atoms with van der Waals surface area (Å²) in [6.07, 6.45) is -5.10. The van der Waals surface area contributed by atoms with Crippen molar-refractivity contribution in [2.75, 3.05) is 79.0 Å². The number of nitrogens with zero attached hydrogens (tertiary/aromatic N) is 1. The van der Waals surface area contributed by atoms with E-state index in [2.05, 4.69) is 21.3 Å². The van der Waals surface area contributed by atoms with E-state index in [0.717, 1.165) is 0 Å². The molecule has 2 rings (SSSR count). The van der Waals surface area contributed by atoms with Gasteiger partial charge in [0.15, 0.2) is 5.79 Å². The van der Waals surface area contributed by atoms with E-state index in [-0.39, 0.29) is 102 Å². The van der Waals surface area contributed by atoms with Crippen molar-refractivity contribution in [3.8, 4) is 0 Å². The maximum absolute atomic E-state index is 12.1. The molecule has 296 valence electrons. The number of carbonyl (C=O) groups excluding carboxylic acids is 6. The predicted octanol–water partition coefficient (Wildman–Crippen LogP) is -5.55. The maximum atomic E-state index is 12.1. The number of nitrogens with one attached hydrogen (secondary N) is 4. The molecule has 0 saturated carbocycles. The number of rotatable bonds is 25. The Bertz CT molecular complexity index is 1190. The Kier molecular flexibility index (Phi) is 20.2. The predicted molar refractivity (Wildman–Crippen MR) is 181 cm³/mol. The van der Waals surface area contributed by atoms with E-state index in [1.165, 1.54) is 18.7 Å². The second-order valence-electron chi connectivity index (χ2n) is 12.7. The largest absolute Gasteiger partial charge is 0.394 e. The van der Waals surface area contributed by atoms with Crippen molar-refractivity contribution in [3.63, 3.8) is 0 Å². The van der Waals surface area contributed by atoms with Crippen LogP contribution in [0.5, 0.6) is 0 Å². The van der Waals surface area contributed by atoms with Crippen molar-refractivity contribution in [1.29, 1.82) is 0 Å². The zero-order chi connectivity index (χ0) is 38.7. The first-order valence-corrected chi connectivity index (χ1v) is 17.3. The molecule has 0 aromatic carbocycles. The first-order chi connectivity index (χ1) is 24.7. The number of hydrogen-bond acceptors (Lipinski definition) is 15. The van der Waals surface area contributed by atoms with Crippen LogP contribution >= 0.6 is 0 Å². The molecule has 0 radical (unpaired) electrons. The molecule has 0 aliphatic carbocycles. The van der Waals surface area contributed by atoms with Gasteiger partial charge >= 0.3 is 0 Å². The van der Waals surface area contributed by atoms with Gasteiger partial charge in [0.25, 0.3) is 0 Å². The Balaban J connectivity index is 1.46. The minimum Gasteiger partial charge on any atom is -0.394 e. The molecule has 0 aromatic heterocycles. The minimum absolute atomic E-state index is 0.00724. The molecule has 6 amide bonds. The van der Waals surface area contributed by atoms with Gasteiger partial charge in [-0.25, -0.2) is 0 Å². The van der Waals surface area contributed by atoms with Crippen molar-refractivity contribution < 1.29 is 72.9 Å². The molecule has 20 nitrogen and oxygen atoms in total. The van der Waals surface area contributed by atoms with Gasteiger partial charge in [0.2, 0.25) is 35.4 Å². The number of ether oxygens (including phenoxy) is 5. The van der Waals surface area contributed by atoms with E-state index >= 15 is 0 Å². The summed E-state index contributed by atoms with van der Waals surface area (Å²) in [4.78, 5) is 72.4. The quantitative estimate of drug-likeness (QED) is 0.0246. The van der Waals surface area contributed by atoms with Crippen LogP contribution in [-0.4, -0.2) is 184 Å². The van der Waals surface area contributed by atoms with Crippen molar-refractivity contribution >= 4 is 43.3 Å². The molecular weight excluding hydrogens is 693 g/mol. The molecule has 2 aliphatic rings. The van der Waals surface area contributed by atoms with Gasteiger partial charge < -0.3 is 65.4 Å². The molecule has 7 unspecified atom stereocenters. The fourth-order valence-electron chi connectivity index (χ4n) is 5.46. The molecule has 2 saturated heterocycles. The summed E-state index contributed by atoms with van der Waals surface area (Å²) in [5.74, 6) is -3.84. The van der Waals surface area contributed by atoms with Crippen LogP contribution < -0.4 is 21.3 Å². The molecule has 8 N–H and O–H groups in total. The van der Waals surface area contributed by atoms with E-state index in [4.69, 9.17) is 23.7 Å². The summed E-state index contributed by atoms with van der Waals surface area (Å²) in [5.41, 5.74) is 0. The van der Waals surface area contributed by atoms with Gasteiger partial charge in [0.05, 0.1) is 51.8 Å². The summed E-state index contributed by atoms with van der Waals surface area (Å²) in [7, 11) is 1.71. The second kappa shape index (κ2) is 23.4. The van der Waals surface area contributed by atoms with Crippen LogP contribution in [0.3, 0.4) is 0 Å². The smallest absolute Gasteiger partial charge is 0.246 e. The second-order valence-corrected chi connectivity index (χ2v) is 12.7. The summed E-state index contributed by atoms with van der Waals surface area (Å²) >= 11 is 0. The van der Waals surface area contributed by atoms with Crippen molar-refractivity contribution in [3.05, 3.63) is 0 Å². The number of aliphatic hydroxyl groups excluding tert-OH is 4. The molecule has 2 aliphatic heterocycles. The Hall–Kier alpha value is -3.28. The lowest BCUT2D eigenvalue weighted by Gasteiger charge is -2.47. The van der Waals surface area contributed by atoms with Crippen LogP contribution in [0.15, 0.2) is 0 Å². The Morgan fingerprint density at radius 3 is 2.06 bits per heavy atom. The van der Waals surface area contributed by atoms with Gasteiger partial charge in [0, 0.05) is 58.2 Å². The third-order valence-electron chi connectivity index (χ3n) is 8.08. The summed E-state index contributed by atoms with van der Waals surface area (Å²) in [5, 5.41) is 50.5. The SMILES string of the molecule is BC1CC(=O)N(CCCC(=O)NCCOCCOCCNC(=O)COCC(=O)NCCOC2(C)CC(O)C(NC(C)=O)C(C(O)C(O)CO)O2)C1=O. The Morgan fingerprint density at radius 1 is 0.942 bits per heavy atom. The van der Waals surface area contributed by atoms with E-state index in [1.54, 1.807) is 7.85 Å². The molecule has 2 fully saturated rings. The van der Waals surface area contributed by atoms with E-state index in [9.17, 15) is 49.2 Å². The first kappa shape index (κ1) is 44.9. The number of hydrogen-bond donors (Lipinski definition) is 8. The number of likely N-dealkylation sites (tertiary alicyclic amines) is 1. The molecule has 7 atom stereocenters. The number of amides is 6. The average Bonchev–Trinajstić information content (AvgIpc) is 3.33. The zero-order valence-electron chi connectivity index (χ0n) is 30.0. The van der Waals surface area contributed by atoms with Crippen molar-refractivity contribution in [2.24, 2.45) is 0 Å². The standard InChI is InChI=1S/C31H54BN5O15/c1-19(39)36-27-21(40)15-31(2,52-29(27)28(46)22(41)16-38)51-11-7-35-25(44)18-50-17-24(43)34-6-10-49-13-12-48-9-5-33-23(42)4-3-8-37-26(45)14-20(32)30(37)47/h20-22,27-29,38,40-41,46H,3-18,32H2,1-2H3,(H,33,42)(H,34,43)(H,35,44)(H,36,39). The summed E-state index contributed by atoms with van der Waals surface area (Å²) in [6, 6.07) is -1.08. The van der Waals surface area contributed by atoms with Crippen LogP contribution in [0, 0.1) is 0 Å². The lowest BCUT2D eigenvalue weighted by molar-refractivity contribution is -0.310. The minimum atomic E-state index is -1.65. The third-order valence-corrected chi connectivity index (χ3v) is 8.08. The number of aliphatic hydroxyl groups is 4. The zero-order valence-corrected chi connectivity index (χ0v) is 30.0. The van der Waals surface area contributed by atoms with Gasteiger partial charge in [-0.1, -0.05) is 0 Å². The lowest BCUT2D eigenvalue weighted by Crippen LogP contribution is -2.65. The highest BCUT2D eigenvalue weighted by molar-refractivity contribution is 6.29. The molecule has 0 bridgehead atoms. The highest BCUT2D eigenvalue weighted by Gasteiger charge is 2.49. The fourth-order valence-corrected chi connectivity index (χ4v) is 5.46. The summed E-state index contributed by atoms with van der Waals surface area (Å²) < 4.78 is 27.4. The van der Waals surface area contributed by atoms with Crippen LogP contribution in [0.4, 0.5) is 0 Å². The molecule has 2 heterocycles. The fraction of sp³-hybridized carbons (Fsp3) is 0.806. The lowest BCUT2D eigenvalue weighted by atomic mass is 9.86. The van der Waals surface area contributed by atoms with E-state index < -0.39 is 67.2 Å². The first-order valence-electron chi connectivity index (χ1n) is 17.3. The normalized spacial score (nSPS) is 24.3. The van der Waals surface area contributed by atoms with Gasteiger partial charge in [-0.2, -0.15) is 0 Å². The van der Waals surface area contributed by atoms with E-state index in [0.29, 0.717) is 13.0 Å². The summed E-state index contributed by atoms with van der Waals surface area (Å²) in [6.45, 7) is 2.82. The molecular formula is C31H54BN5O15. The molecule has 52 heavy (non-hydrogen) atoms. The van der Waals surface area contributed by atoms with Crippen molar-refractivity contribution in [2.45, 2.75) is 81.6 Å². The van der Waals surface area contributed by atoms with Gasteiger partial charge in [0.1, 0.15) is 39.4 Å². The Morgan fingerprint density at radius 2 is 1.52 bits per heavy atom. The van der Waals surface area contributed by atoms with Crippen LogP contribution in [-0.2, 0) is 52.5 Å². The highest BCUT2D eigenvalue weighted by Crippen LogP contribution is 2.32. The number of carbonyl (C=O) groups is 6. The molecule has 0 spiro atoms. The average molecular weight is 748 g/mol. The molecule has 21 heteroatoms. The third kappa shape index (κ3) is 16.2. The topological polar surface area (TPSA) is 281 Å². The highest BCUT2D eigenvalue weighted by atomic mass is 16.7. The van der Waals surface area contributed by atoms with Crippen LogP contribution in [0.25, 0.3) is 0 Å². The maximum Gasteiger partial charge on any atom is 0.246 e. The van der Waals surface area contributed by atoms with Gasteiger partial charge in [-0.3, -0.25) is 33.7 Å². The van der Waals surface area contributed by atoms with Gasteiger partial charge in [-0.15, -0.1) is 0 Å². The monoisotopic (exact) mass is 747 g/mol. The van der Waals surface area contributed by atoms with Gasteiger partial charge in [-0.05, 0) is 13.3 Å². The molecule has 0 aromatic rings. The Labute approximate surface area is 303 Å². The number of imide groups is 1. The van der Waals surface area contributed by atoms with E-state index in [1.807, 2.05) is 0 Å². The van der Waals surface area contributed by atoms with Crippen LogP contribution in [0.1, 0.15) is 39.5 Å². The van der Waals surface area contributed by atoms with Crippen molar-refractivity contribution in [1.82, 2.24) is 26.2 Å². The van der Waals surface area contributed by atoms with Crippen LogP contribution in [0.2, 0.25) is 5.82 Å².